The lowest BCUT2D eigenvalue weighted by Gasteiger charge is -2.29. The molecule has 2 heterocycles. The first kappa shape index (κ1) is 26.7. The van der Waals surface area contributed by atoms with Crippen LogP contribution in [-0.2, 0) is 6.54 Å². The van der Waals surface area contributed by atoms with E-state index in [2.05, 4.69) is 20.9 Å². The second-order valence-electron chi connectivity index (χ2n) is 9.13. The van der Waals surface area contributed by atoms with E-state index in [9.17, 15) is 4.79 Å². The molecule has 2 aromatic heterocycles. The van der Waals surface area contributed by atoms with Gasteiger partial charge in [-0.25, -0.2) is 9.67 Å². The summed E-state index contributed by atoms with van der Waals surface area (Å²) in [5.74, 6) is 1.73. The molecule has 7 nitrogen and oxygen atoms in total. The molecule has 5 rings (SSSR count). The first-order chi connectivity index (χ1) is 18.4. The van der Waals surface area contributed by atoms with E-state index < -0.39 is 0 Å². The number of rotatable bonds is 8. The summed E-state index contributed by atoms with van der Waals surface area (Å²) in [6.07, 6.45) is 7.57. The van der Waals surface area contributed by atoms with Crippen molar-refractivity contribution in [1.29, 1.82) is 0 Å². The molecule has 1 amide bonds. The molecule has 0 unspecified atom stereocenters. The quantitative estimate of drug-likeness (QED) is 0.210. The number of amides is 1. The molecule has 0 aliphatic heterocycles. The van der Waals surface area contributed by atoms with Crippen LogP contribution in [0.15, 0.2) is 65.4 Å². The second kappa shape index (κ2) is 11.8. The molecule has 0 bridgehead atoms. The van der Waals surface area contributed by atoms with Crippen molar-refractivity contribution in [2.24, 2.45) is 0 Å². The van der Waals surface area contributed by atoms with Gasteiger partial charge in [-0.3, -0.25) is 9.78 Å². The van der Waals surface area contributed by atoms with Crippen LogP contribution >= 0.6 is 39.1 Å². The maximum atomic E-state index is 13.8. The van der Waals surface area contributed by atoms with Crippen LogP contribution in [0.3, 0.4) is 0 Å². The Kier molecular flexibility index (Phi) is 8.31. The SMILES string of the molecule is COc1ccc(-c2nc(-c3ccncc3)nn2CCN(C(=O)c2cc(Br)ccc2Cl)C2CCCC2)cc1Cl. The minimum atomic E-state index is -0.0771. The van der Waals surface area contributed by atoms with Crippen molar-refractivity contribution < 1.29 is 9.53 Å². The third kappa shape index (κ3) is 5.72. The number of methoxy groups -OCH3 is 1. The lowest BCUT2D eigenvalue weighted by Crippen LogP contribution is -2.41. The first-order valence-corrected chi connectivity index (χ1v) is 13.9. The molecule has 38 heavy (non-hydrogen) atoms. The first-order valence-electron chi connectivity index (χ1n) is 12.4. The summed E-state index contributed by atoms with van der Waals surface area (Å²) >= 11 is 16.4. The number of carbonyl (C=O) groups excluding carboxylic acids is 1. The summed E-state index contributed by atoms with van der Waals surface area (Å²) in [5.41, 5.74) is 2.15. The molecular weight excluding hydrogens is 589 g/mol. The number of halogens is 3. The Balaban J connectivity index is 1.49. The Morgan fingerprint density at radius 2 is 1.82 bits per heavy atom. The van der Waals surface area contributed by atoms with Crippen molar-refractivity contribution in [2.45, 2.75) is 38.3 Å². The average Bonchev–Trinajstić information content (AvgIpc) is 3.61. The zero-order valence-electron chi connectivity index (χ0n) is 20.8. The summed E-state index contributed by atoms with van der Waals surface area (Å²) in [6, 6.07) is 14.8. The van der Waals surface area contributed by atoms with Crippen molar-refractivity contribution in [3.63, 3.8) is 0 Å². The number of ether oxygens (including phenoxy) is 1. The van der Waals surface area contributed by atoms with Crippen LogP contribution in [0.25, 0.3) is 22.8 Å². The van der Waals surface area contributed by atoms with Crippen LogP contribution in [0, 0.1) is 0 Å². The molecule has 1 fully saturated rings. The standard InChI is InChI=1S/C28H26BrCl2N5O2/c1-38-25-9-6-19(16-24(25)31)27-33-26(18-10-12-32-13-11-18)34-36(27)15-14-35(21-4-2-3-5-21)28(37)22-17-20(29)7-8-23(22)30/h6-13,16-17,21H,2-5,14-15H2,1H3. The third-order valence-corrected chi connectivity index (χ3v) is 7.88. The normalized spacial score (nSPS) is 13.6. The minimum Gasteiger partial charge on any atom is -0.495 e. The second-order valence-corrected chi connectivity index (χ2v) is 10.9. The fourth-order valence-corrected chi connectivity index (χ4v) is 5.64. The summed E-state index contributed by atoms with van der Waals surface area (Å²) < 4.78 is 7.98. The molecule has 0 N–H and O–H groups in total. The number of aromatic nitrogens is 4. The minimum absolute atomic E-state index is 0.0771. The molecule has 0 atom stereocenters. The number of hydrogen-bond donors (Lipinski definition) is 0. The van der Waals surface area contributed by atoms with Crippen LogP contribution in [-0.4, -0.2) is 50.3 Å². The van der Waals surface area contributed by atoms with Crippen molar-refractivity contribution in [3.05, 3.63) is 81.0 Å². The molecular formula is C28H26BrCl2N5O2. The van der Waals surface area contributed by atoms with E-state index in [0.29, 0.717) is 46.1 Å². The Hall–Kier alpha value is -2.94. The highest BCUT2D eigenvalue weighted by Crippen LogP contribution is 2.32. The fraction of sp³-hybridized carbons (Fsp3) is 0.286. The lowest BCUT2D eigenvalue weighted by molar-refractivity contribution is 0.0672. The largest absolute Gasteiger partial charge is 0.495 e. The summed E-state index contributed by atoms with van der Waals surface area (Å²) in [7, 11) is 1.58. The van der Waals surface area contributed by atoms with Crippen molar-refractivity contribution >= 4 is 45.0 Å². The highest BCUT2D eigenvalue weighted by Gasteiger charge is 2.29. The van der Waals surface area contributed by atoms with E-state index in [-0.39, 0.29) is 11.9 Å². The van der Waals surface area contributed by atoms with Crippen LogP contribution < -0.4 is 4.74 Å². The van der Waals surface area contributed by atoms with Gasteiger partial charge in [0.25, 0.3) is 5.91 Å². The molecule has 0 spiro atoms. The predicted molar refractivity (Wildman–Crippen MR) is 153 cm³/mol. The van der Waals surface area contributed by atoms with E-state index in [0.717, 1.165) is 41.3 Å². The van der Waals surface area contributed by atoms with E-state index in [1.807, 2.05) is 46.0 Å². The average molecular weight is 615 g/mol. The van der Waals surface area contributed by atoms with E-state index in [1.54, 1.807) is 31.6 Å². The molecule has 196 valence electrons. The molecule has 10 heteroatoms. The molecule has 0 radical (unpaired) electrons. The van der Waals surface area contributed by atoms with Gasteiger partial charge in [0, 0.05) is 40.6 Å². The van der Waals surface area contributed by atoms with Crippen LogP contribution in [0.1, 0.15) is 36.0 Å². The van der Waals surface area contributed by atoms with E-state index in [1.165, 1.54) is 0 Å². The summed E-state index contributed by atoms with van der Waals surface area (Å²) in [5, 5.41) is 5.75. The molecule has 1 aliphatic carbocycles. The van der Waals surface area contributed by atoms with Gasteiger partial charge in [-0.2, -0.15) is 5.10 Å². The Bertz CT molecular complexity index is 1440. The van der Waals surface area contributed by atoms with Gasteiger partial charge in [0.1, 0.15) is 5.75 Å². The Morgan fingerprint density at radius 3 is 2.53 bits per heavy atom. The maximum Gasteiger partial charge on any atom is 0.255 e. The molecule has 1 saturated carbocycles. The molecule has 1 aliphatic rings. The van der Waals surface area contributed by atoms with Crippen molar-refractivity contribution in [2.75, 3.05) is 13.7 Å². The highest BCUT2D eigenvalue weighted by atomic mass is 79.9. The van der Waals surface area contributed by atoms with Gasteiger partial charge in [0.2, 0.25) is 0 Å². The topological polar surface area (TPSA) is 73.1 Å². The van der Waals surface area contributed by atoms with Gasteiger partial charge in [0.15, 0.2) is 11.6 Å². The van der Waals surface area contributed by atoms with Crippen LogP contribution in [0.4, 0.5) is 0 Å². The molecule has 0 saturated heterocycles. The number of nitrogens with zero attached hydrogens (tertiary/aromatic N) is 5. The van der Waals surface area contributed by atoms with Gasteiger partial charge in [-0.15, -0.1) is 0 Å². The zero-order valence-corrected chi connectivity index (χ0v) is 23.9. The summed E-state index contributed by atoms with van der Waals surface area (Å²) in [4.78, 5) is 24.7. The monoisotopic (exact) mass is 613 g/mol. The fourth-order valence-electron chi connectivity index (χ4n) is 4.82. The van der Waals surface area contributed by atoms with Crippen molar-refractivity contribution in [1.82, 2.24) is 24.6 Å². The van der Waals surface area contributed by atoms with Gasteiger partial charge in [-0.05, 0) is 61.4 Å². The smallest absolute Gasteiger partial charge is 0.255 e. The van der Waals surface area contributed by atoms with Crippen LogP contribution in [0.5, 0.6) is 5.75 Å². The maximum absolute atomic E-state index is 13.8. The Labute approximate surface area is 239 Å². The third-order valence-electron chi connectivity index (χ3n) is 6.76. The number of carbonyl (C=O) groups is 1. The lowest BCUT2D eigenvalue weighted by atomic mass is 10.1. The highest BCUT2D eigenvalue weighted by molar-refractivity contribution is 9.10. The van der Waals surface area contributed by atoms with Gasteiger partial charge < -0.3 is 9.64 Å². The molecule has 4 aromatic rings. The van der Waals surface area contributed by atoms with E-state index >= 15 is 0 Å². The zero-order chi connectivity index (χ0) is 26.6. The van der Waals surface area contributed by atoms with Gasteiger partial charge in [0.05, 0.1) is 29.3 Å². The predicted octanol–water partition coefficient (Wildman–Crippen LogP) is 7.17. The van der Waals surface area contributed by atoms with E-state index in [4.69, 9.17) is 38.0 Å². The van der Waals surface area contributed by atoms with Crippen LogP contribution in [0.2, 0.25) is 10.0 Å². The number of hydrogen-bond acceptors (Lipinski definition) is 5. The Morgan fingerprint density at radius 1 is 1.05 bits per heavy atom. The van der Waals surface area contributed by atoms with Gasteiger partial charge in [-0.1, -0.05) is 52.0 Å². The number of benzene rings is 2. The summed E-state index contributed by atoms with van der Waals surface area (Å²) in [6.45, 7) is 0.910. The van der Waals surface area contributed by atoms with Crippen molar-refractivity contribution in [3.8, 4) is 28.5 Å². The number of pyridine rings is 1. The molecule has 2 aromatic carbocycles. The van der Waals surface area contributed by atoms with Gasteiger partial charge >= 0.3 is 0 Å².